The third-order valence-electron chi connectivity index (χ3n) is 8.56. The van der Waals surface area contributed by atoms with Crippen molar-refractivity contribution in [2.75, 3.05) is 0 Å². The average Bonchev–Trinajstić information content (AvgIpc) is 3.51. The Labute approximate surface area is 295 Å². The molecule has 6 aromatic rings. The van der Waals surface area contributed by atoms with Gasteiger partial charge in [0.1, 0.15) is 0 Å². The number of hydrogen-bond donors (Lipinski definition) is 0. The largest absolute Gasteiger partial charge is 4.00 e. The Morgan fingerprint density at radius 1 is 0.659 bits per heavy atom. The van der Waals surface area contributed by atoms with Crippen LogP contribution in [0.25, 0.3) is 43.8 Å². The second-order valence-electron chi connectivity index (χ2n) is 13.7. The van der Waals surface area contributed by atoms with Crippen molar-refractivity contribution in [1.29, 1.82) is 0 Å². The monoisotopic (exact) mass is 692 g/mol. The first kappa shape index (κ1) is 35.9. The molecule has 0 saturated carbocycles. The Balaban J connectivity index is 0.000000225. The molecule has 1 aliphatic carbocycles. The molecule has 6 aromatic carbocycles. The van der Waals surface area contributed by atoms with Crippen molar-refractivity contribution in [3.63, 3.8) is 0 Å². The molecule has 0 spiro atoms. The first-order valence-electron chi connectivity index (χ1n) is 14.8. The maximum atomic E-state index is 3.67. The van der Waals surface area contributed by atoms with E-state index < -0.39 is 0 Å². The maximum Gasteiger partial charge on any atom is 4.00 e. The van der Waals surface area contributed by atoms with Crippen molar-refractivity contribution < 1.29 is 51.0 Å². The molecule has 0 N–H and O–H groups in total. The van der Waals surface area contributed by atoms with E-state index in [1.165, 1.54) is 71.6 Å². The summed E-state index contributed by atoms with van der Waals surface area (Å²) in [4.78, 5) is 0. The molecule has 0 amide bonds. The fourth-order valence-electron chi connectivity index (χ4n) is 6.02. The van der Waals surface area contributed by atoms with Crippen LogP contribution in [-0.4, -0.2) is 0 Å². The summed E-state index contributed by atoms with van der Waals surface area (Å²) >= 11 is 0. The minimum atomic E-state index is 0. The van der Waals surface area contributed by atoms with Crippen LogP contribution in [0.3, 0.4) is 0 Å². The summed E-state index contributed by atoms with van der Waals surface area (Å²) in [5.41, 5.74) is 12.7. The van der Waals surface area contributed by atoms with Gasteiger partial charge >= 0.3 is 26.2 Å². The van der Waals surface area contributed by atoms with Gasteiger partial charge in [0.2, 0.25) is 0 Å². The summed E-state index contributed by atoms with van der Waals surface area (Å²) in [5.74, 6) is 0. The molecule has 1 aliphatic rings. The van der Waals surface area contributed by atoms with Gasteiger partial charge in [-0.05, 0) is 50.3 Å². The van der Waals surface area contributed by atoms with Gasteiger partial charge in [0.05, 0.1) is 0 Å². The van der Waals surface area contributed by atoms with E-state index >= 15 is 0 Å². The van der Waals surface area contributed by atoms with Gasteiger partial charge in [-0.25, -0.2) is 0 Å². The molecular formula is C41H40Cl2Zr. The smallest absolute Gasteiger partial charge is 1.00 e. The number of halogens is 2. The van der Waals surface area contributed by atoms with Crippen LogP contribution >= 0.6 is 0 Å². The number of rotatable bonds is 1. The standard InChI is InChI=1S/C21H25.C20H15.2ClH.Zr/c1-20(2,3)16-7-9-18-14(12-16)11-15-13-17(21(4,5)6)8-10-19(15)18;1-14-9-10-16-11-12-17(13-20(14)16)19-8-4-6-15-5-2-3-7-18(15)19;;;/h7-10,12H,11H2,1-6H3;2-13H,1H3;2*1H;/q2*-1;;;+4/p-2. The fraction of sp³-hybridized carbons (Fsp3) is 0.244. The molecule has 0 fully saturated rings. The minimum Gasteiger partial charge on any atom is -1.00 e. The molecule has 0 aliphatic heterocycles. The molecule has 0 aromatic heterocycles. The van der Waals surface area contributed by atoms with Gasteiger partial charge in [-0.15, -0.1) is 34.0 Å². The molecule has 0 heterocycles. The Kier molecular flexibility index (Phi) is 11.3. The quantitative estimate of drug-likeness (QED) is 0.204. The zero-order valence-electron chi connectivity index (χ0n) is 26.8. The third kappa shape index (κ3) is 7.12. The summed E-state index contributed by atoms with van der Waals surface area (Å²) in [6.07, 6.45) is 1.03. The Morgan fingerprint density at radius 2 is 1.36 bits per heavy atom. The van der Waals surface area contributed by atoms with Crippen LogP contribution in [0.2, 0.25) is 0 Å². The Bertz CT molecular complexity index is 1830. The van der Waals surface area contributed by atoms with Crippen LogP contribution in [0.1, 0.15) is 69.4 Å². The predicted octanol–water partition coefficient (Wildman–Crippen LogP) is 5.35. The van der Waals surface area contributed by atoms with Gasteiger partial charge in [-0.1, -0.05) is 127 Å². The normalized spacial score (nSPS) is 11.8. The number of aryl methyl sites for hydroxylation is 1. The first-order chi connectivity index (χ1) is 19.5. The van der Waals surface area contributed by atoms with Crippen LogP contribution in [0.4, 0.5) is 0 Å². The summed E-state index contributed by atoms with van der Waals surface area (Å²) in [7, 11) is 0. The van der Waals surface area contributed by atoms with E-state index in [4.69, 9.17) is 0 Å². The van der Waals surface area contributed by atoms with Crippen molar-refractivity contribution in [2.24, 2.45) is 0 Å². The number of hydrogen-bond acceptors (Lipinski definition) is 0. The molecule has 0 atom stereocenters. The predicted molar refractivity (Wildman–Crippen MR) is 178 cm³/mol. The molecule has 0 saturated heterocycles. The molecule has 44 heavy (non-hydrogen) atoms. The minimum absolute atomic E-state index is 0. The van der Waals surface area contributed by atoms with Crippen LogP contribution in [0.15, 0.2) is 103 Å². The topological polar surface area (TPSA) is 0 Å². The van der Waals surface area contributed by atoms with Crippen LogP contribution in [0.5, 0.6) is 0 Å². The van der Waals surface area contributed by atoms with E-state index in [1.54, 1.807) is 0 Å². The van der Waals surface area contributed by atoms with Crippen molar-refractivity contribution in [2.45, 2.75) is 65.7 Å². The number of benzene rings is 5. The van der Waals surface area contributed by atoms with E-state index in [-0.39, 0.29) is 61.8 Å². The summed E-state index contributed by atoms with van der Waals surface area (Å²) in [6, 6.07) is 41.4. The first-order valence-corrected chi connectivity index (χ1v) is 14.8. The zero-order valence-corrected chi connectivity index (χ0v) is 30.7. The van der Waals surface area contributed by atoms with Crippen molar-refractivity contribution in [3.8, 4) is 22.3 Å². The molecule has 0 radical (unpaired) electrons. The van der Waals surface area contributed by atoms with Gasteiger partial charge in [0.15, 0.2) is 0 Å². The van der Waals surface area contributed by atoms with Crippen LogP contribution in [-0.2, 0) is 43.5 Å². The van der Waals surface area contributed by atoms with Crippen LogP contribution in [0, 0.1) is 13.0 Å². The summed E-state index contributed by atoms with van der Waals surface area (Å²) in [5, 5.41) is 5.30. The second-order valence-corrected chi connectivity index (χ2v) is 13.7. The van der Waals surface area contributed by atoms with E-state index in [2.05, 4.69) is 158 Å². The fourth-order valence-corrected chi connectivity index (χ4v) is 6.02. The summed E-state index contributed by atoms with van der Waals surface area (Å²) < 4.78 is 0. The van der Waals surface area contributed by atoms with Crippen molar-refractivity contribution in [3.05, 3.63) is 137 Å². The van der Waals surface area contributed by atoms with Gasteiger partial charge < -0.3 is 24.8 Å². The Hall–Kier alpha value is -2.57. The molecule has 7 rings (SSSR count). The average molecular weight is 695 g/mol. The molecule has 222 valence electrons. The molecular weight excluding hydrogens is 655 g/mol. The van der Waals surface area contributed by atoms with Crippen molar-refractivity contribution >= 4 is 21.5 Å². The molecule has 0 bridgehead atoms. The van der Waals surface area contributed by atoms with E-state index in [9.17, 15) is 0 Å². The maximum absolute atomic E-state index is 3.67. The van der Waals surface area contributed by atoms with Gasteiger partial charge in [0.25, 0.3) is 0 Å². The van der Waals surface area contributed by atoms with Gasteiger partial charge in [0, 0.05) is 0 Å². The van der Waals surface area contributed by atoms with E-state index in [0.717, 1.165) is 6.42 Å². The van der Waals surface area contributed by atoms with Crippen LogP contribution < -0.4 is 24.8 Å². The SMILES string of the molecule is CC(C)(C)c1[c-]c2c(cc1)-c1ccc(C(C)(C)C)cc1C2.Cc1c[cH-]c2ccc(-c3cccc4ccccc34)cc12.[Cl-].[Cl-].[Zr+4]. The van der Waals surface area contributed by atoms with Gasteiger partial charge in [-0.3, -0.25) is 0 Å². The molecule has 0 nitrogen and oxygen atoms in total. The van der Waals surface area contributed by atoms with Crippen molar-refractivity contribution in [1.82, 2.24) is 0 Å². The Morgan fingerprint density at radius 3 is 2.09 bits per heavy atom. The summed E-state index contributed by atoms with van der Waals surface area (Å²) in [6.45, 7) is 15.8. The van der Waals surface area contributed by atoms with Gasteiger partial charge in [-0.2, -0.15) is 35.4 Å². The third-order valence-corrected chi connectivity index (χ3v) is 8.56. The van der Waals surface area contributed by atoms with E-state index in [1.807, 2.05) is 0 Å². The zero-order chi connectivity index (χ0) is 28.9. The molecule has 3 heteroatoms. The van der Waals surface area contributed by atoms with E-state index in [0.29, 0.717) is 0 Å². The second kappa shape index (κ2) is 13.8. The number of fused-ring (bicyclic) bond motifs is 5. The molecule has 0 unspecified atom stereocenters.